The fraction of sp³-hybridized carbons (Fsp3) is 0.429. The lowest BCUT2D eigenvalue weighted by atomic mass is 10.2. The summed E-state index contributed by atoms with van der Waals surface area (Å²) in [5.74, 6) is 3.33. The van der Waals surface area contributed by atoms with Crippen molar-refractivity contribution in [2.75, 3.05) is 46.8 Å². The summed E-state index contributed by atoms with van der Waals surface area (Å²) < 4.78 is 10.8. The number of benzene rings is 1. The molecule has 2 aromatic rings. The SMILES string of the molecule is CCNC(=NCc1cccnc1N(C)C)N(C)Cc1ccc(OC)cc1OC. The molecule has 1 aromatic heterocycles. The maximum Gasteiger partial charge on any atom is 0.194 e. The normalized spacial score (nSPS) is 11.1. The molecule has 7 nitrogen and oxygen atoms in total. The topological polar surface area (TPSA) is 62.2 Å². The van der Waals surface area contributed by atoms with Crippen LogP contribution in [0.15, 0.2) is 41.5 Å². The number of hydrogen-bond donors (Lipinski definition) is 1. The van der Waals surface area contributed by atoms with Crippen LogP contribution in [0.25, 0.3) is 0 Å². The van der Waals surface area contributed by atoms with Gasteiger partial charge >= 0.3 is 0 Å². The third-order valence-corrected chi connectivity index (χ3v) is 4.29. The van der Waals surface area contributed by atoms with Gasteiger partial charge in [0.1, 0.15) is 17.3 Å². The molecule has 2 rings (SSSR count). The van der Waals surface area contributed by atoms with Crippen LogP contribution < -0.4 is 19.7 Å². The third-order valence-electron chi connectivity index (χ3n) is 4.29. The van der Waals surface area contributed by atoms with E-state index in [2.05, 4.69) is 28.2 Å². The molecule has 152 valence electrons. The molecule has 0 amide bonds. The molecule has 28 heavy (non-hydrogen) atoms. The summed E-state index contributed by atoms with van der Waals surface area (Å²) in [5, 5.41) is 3.36. The number of nitrogens with zero attached hydrogens (tertiary/aromatic N) is 4. The Morgan fingerprint density at radius 1 is 1.11 bits per heavy atom. The number of anilines is 1. The van der Waals surface area contributed by atoms with Gasteiger partial charge < -0.3 is 24.6 Å². The summed E-state index contributed by atoms with van der Waals surface area (Å²) >= 11 is 0. The minimum atomic E-state index is 0.549. The molecule has 0 aliphatic heterocycles. The van der Waals surface area contributed by atoms with Crippen LogP contribution in [0.2, 0.25) is 0 Å². The molecule has 7 heteroatoms. The monoisotopic (exact) mass is 385 g/mol. The maximum absolute atomic E-state index is 5.52. The van der Waals surface area contributed by atoms with Crippen LogP contribution in [0.5, 0.6) is 11.5 Å². The third kappa shape index (κ3) is 5.52. The molecule has 0 spiro atoms. The van der Waals surface area contributed by atoms with Crippen molar-refractivity contribution in [1.82, 2.24) is 15.2 Å². The van der Waals surface area contributed by atoms with Crippen LogP contribution in [-0.4, -0.2) is 57.8 Å². The number of guanidine groups is 1. The van der Waals surface area contributed by atoms with Gasteiger partial charge in [-0.3, -0.25) is 0 Å². The fourth-order valence-corrected chi connectivity index (χ4v) is 2.90. The van der Waals surface area contributed by atoms with Crippen molar-refractivity contribution < 1.29 is 9.47 Å². The zero-order valence-electron chi connectivity index (χ0n) is 17.7. The van der Waals surface area contributed by atoms with Crippen LogP contribution in [0.4, 0.5) is 5.82 Å². The van der Waals surface area contributed by atoms with Crippen molar-refractivity contribution in [3.05, 3.63) is 47.7 Å². The van der Waals surface area contributed by atoms with Gasteiger partial charge in [-0.05, 0) is 25.1 Å². The van der Waals surface area contributed by atoms with E-state index >= 15 is 0 Å². The van der Waals surface area contributed by atoms with Gasteiger partial charge in [-0.25, -0.2) is 9.98 Å². The molecule has 0 aliphatic carbocycles. The molecule has 0 saturated carbocycles. The van der Waals surface area contributed by atoms with E-state index in [4.69, 9.17) is 14.5 Å². The lowest BCUT2D eigenvalue weighted by Crippen LogP contribution is -2.38. The smallest absolute Gasteiger partial charge is 0.194 e. The summed E-state index contributed by atoms with van der Waals surface area (Å²) in [6.45, 7) is 4.06. The molecule has 0 fully saturated rings. The number of aromatic nitrogens is 1. The number of nitrogens with one attached hydrogen (secondary N) is 1. The molecule has 0 saturated heterocycles. The number of methoxy groups -OCH3 is 2. The van der Waals surface area contributed by atoms with Gasteiger partial charge in [0.25, 0.3) is 0 Å². The van der Waals surface area contributed by atoms with Gasteiger partial charge in [0.2, 0.25) is 0 Å². The van der Waals surface area contributed by atoms with E-state index in [1.165, 1.54) is 0 Å². The Morgan fingerprint density at radius 2 is 1.89 bits per heavy atom. The second kappa shape index (κ2) is 10.4. The first-order chi connectivity index (χ1) is 13.5. The Labute approximate surface area is 168 Å². The van der Waals surface area contributed by atoms with Crippen LogP contribution in [0, 0.1) is 0 Å². The second-order valence-corrected chi connectivity index (χ2v) is 6.58. The first-order valence-corrected chi connectivity index (χ1v) is 9.31. The van der Waals surface area contributed by atoms with Gasteiger partial charge in [0, 0.05) is 57.6 Å². The van der Waals surface area contributed by atoms with Crippen LogP contribution in [-0.2, 0) is 13.1 Å². The van der Waals surface area contributed by atoms with Gasteiger partial charge in [-0.15, -0.1) is 0 Å². The second-order valence-electron chi connectivity index (χ2n) is 6.58. The first kappa shape index (κ1) is 21.3. The summed E-state index contributed by atoms with van der Waals surface area (Å²) in [6.07, 6.45) is 1.80. The molecule has 1 aromatic carbocycles. The van der Waals surface area contributed by atoms with E-state index in [0.29, 0.717) is 13.1 Å². The van der Waals surface area contributed by atoms with Crippen molar-refractivity contribution in [2.45, 2.75) is 20.0 Å². The van der Waals surface area contributed by atoms with Crippen molar-refractivity contribution in [2.24, 2.45) is 4.99 Å². The predicted octanol–water partition coefficient (Wildman–Crippen LogP) is 2.76. The highest BCUT2D eigenvalue weighted by atomic mass is 16.5. The highest BCUT2D eigenvalue weighted by Crippen LogP contribution is 2.25. The maximum atomic E-state index is 5.52. The van der Waals surface area contributed by atoms with E-state index in [1.807, 2.05) is 50.3 Å². The average Bonchev–Trinajstić information content (AvgIpc) is 2.71. The minimum absolute atomic E-state index is 0.549. The van der Waals surface area contributed by atoms with E-state index in [-0.39, 0.29) is 0 Å². The lowest BCUT2D eigenvalue weighted by molar-refractivity contribution is 0.382. The van der Waals surface area contributed by atoms with Crippen LogP contribution >= 0.6 is 0 Å². The Kier molecular flexibility index (Phi) is 7.92. The van der Waals surface area contributed by atoms with Crippen molar-refractivity contribution in [3.8, 4) is 11.5 Å². The molecular formula is C21H31N5O2. The Morgan fingerprint density at radius 3 is 2.54 bits per heavy atom. The summed E-state index contributed by atoms with van der Waals surface area (Å²) in [6, 6.07) is 9.85. The van der Waals surface area contributed by atoms with Gasteiger partial charge in [-0.2, -0.15) is 0 Å². The Bertz CT molecular complexity index is 792. The highest BCUT2D eigenvalue weighted by molar-refractivity contribution is 5.79. The fourth-order valence-electron chi connectivity index (χ4n) is 2.90. The van der Waals surface area contributed by atoms with E-state index in [0.717, 1.165) is 40.9 Å². The molecule has 0 aliphatic rings. The van der Waals surface area contributed by atoms with E-state index in [9.17, 15) is 0 Å². The number of rotatable bonds is 8. The number of pyridine rings is 1. The van der Waals surface area contributed by atoms with E-state index < -0.39 is 0 Å². The number of aliphatic imine (C=N–C) groups is 1. The van der Waals surface area contributed by atoms with Gasteiger partial charge in [-0.1, -0.05) is 6.07 Å². The molecule has 1 heterocycles. The predicted molar refractivity (Wildman–Crippen MR) is 114 cm³/mol. The molecule has 0 atom stereocenters. The lowest BCUT2D eigenvalue weighted by Gasteiger charge is -2.23. The number of hydrogen-bond acceptors (Lipinski definition) is 5. The van der Waals surface area contributed by atoms with Gasteiger partial charge in [0.05, 0.1) is 20.8 Å². The molecule has 0 radical (unpaired) electrons. The average molecular weight is 386 g/mol. The van der Waals surface area contributed by atoms with Gasteiger partial charge in [0.15, 0.2) is 5.96 Å². The standard InChI is InChI=1S/C21H31N5O2/c1-7-22-21(24-14-16-9-8-12-23-20(16)25(2)3)26(4)15-17-10-11-18(27-5)13-19(17)28-6/h8-13H,7,14-15H2,1-6H3,(H,22,24). The largest absolute Gasteiger partial charge is 0.497 e. The minimum Gasteiger partial charge on any atom is -0.497 e. The zero-order chi connectivity index (χ0) is 20.5. The summed E-state index contributed by atoms with van der Waals surface area (Å²) in [4.78, 5) is 13.3. The Hall–Kier alpha value is -2.96. The first-order valence-electron chi connectivity index (χ1n) is 9.31. The quantitative estimate of drug-likeness (QED) is 0.557. The molecule has 0 unspecified atom stereocenters. The van der Waals surface area contributed by atoms with Crippen LogP contribution in [0.1, 0.15) is 18.1 Å². The van der Waals surface area contributed by atoms with Crippen molar-refractivity contribution >= 4 is 11.8 Å². The number of ether oxygens (including phenoxy) is 2. The summed E-state index contributed by atoms with van der Waals surface area (Å²) in [7, 11) is 9.31. The molecule has 0 bridgehead atoms. The zero-order valence-corrected chi connectivity index (χ0v) is 17.7. The van der Waals surface area contributed by atoms with Crippen LogP contribution in [0.3, 0.4) is 0 Å². The highest BCUT2D eigenvalue weighted by Gasteiger charge is 2.12. The van der Waals surface area contributed by atoms with Crippen molar-refractivity contribution in [1.29, 1.82) is 0 Å². The summed E-state index contributed by atoms with van der Waals surface area (Å²) in [5.41, 5.74) is 2.14. The molecule has 1 N–H and O–H groups in total. The van der Waals surface area contributed by atoms with Crippen molar-refractivity contribution in [3.63, 3.8) is 0 Å². The molecular weight excluding hydrogens is 354 g/mol. The Balaban J connectivity index is 2.20. The van der Waals surface area contributed by atoms with E-state index in [1.54, 1.807) is 20.4 Å².